The van der Waals surface area contributed by atoms with E-state index in [1.54, 1.807) is 36.4 Å². The minimum absolute atomic E-state index is 0.0690. The number of nitrogens with two attached hydrogens (primary N) is 1. The molecule has 0 heterocycles. The van der Waals surface area contributed by atoms with E-state index in [0.29, 0.717) is 22.6 Å². The van der Waals surface area contributed by atoms with E-state index in [-0.39, 0.29) is 23.7 Å². The zero-order valence-electron chi connectivity index (χ0n) is 16.6. The van der Waals surface area contributed by atoms with Gasteiger partial charge >= 0.3 is 0 Å². The second-order valence-corrected chi connectivity index (χ2v) is 7.24. The first-order chi connectivity index (χ1) is 14.0. The predicted molar refractivity (Wildman–Crippen MR) is 118 cm³/mol. The first kappa shape index (κ1) is 20.1. The molecule has 0 aliphatic heterocycles. The van der Waals surface area contributed by atoms with Gasteiger partial charge in [-0.15, -0.1) is 0 Å². The monoisotopic (exact) mass is 387 g/mol. The van der Waals surface area contributed by atoms with Crippen LogP contribution in [0.25, 0.3) is 0 Å². The summed E-state index contributed by atoms with van der Waals surface area (Å²) >= 11 is 0. The van der Waals surface area contributed by atoms with Gasteiger partial charge in [-0.05, 0) is 47.9 Å². The molecule has 148 valence electrons. The number of anilines is 3. The van der Waals surface area contributed by atoms with Gasteiger partial charge in [-0.3, -0.25) is 9.59 Å². The van der Waals surface area contributed by atoms with Crippen LogP contribution in [0, 0.1) is 5.92 Å². The minimum atomic E-state index is -0.259. The second kappa shape index (κ2) is 9.06. The normalized spacial score (nSPS) is 11.7. The molecular formula is C24H25N3O2. The molecule has 3 rings (SSSR count). The van der Waals surface area contributed by atoms with Crippen molar-refractivity contribution >= 4 is 28.9 Å². The van der Waals surface area contributed by atoms with E-state index >= 15 is 0 Å². The van der Waals surface area contributed by atoms with Crippen molar-refractivity contribution in [3.8, 4) is 0 Å². The Morgan fingerprint density at radius 1 is 0.793 bits per heavy atom. The minimum Gasteiger partial charge on any atom is -0.397 e. The summed E-state index contributed by atoms with van der Waals surface area (Å²) in [5.41, 5.74) is 9.05. The number of nitrogens with one attached hydrogen (secondary N) is 2. The fourth-order valence-electron chi connectivity index (χ4n) is 3.23. The van der Waals surface area contributed by atoms with Crippen molar-refractivity contribution in [2.24, 2.45) is 5.92 Å². The van der Waals surface area contributed by atoms with E-state index in [9.17, 15) is 9.59 Å². The molecule has 0 aliphatic rings. The van der Waals surface area contributed by atoms with Crippen molar-refractivity contribution < 1.29 is 9.59 Å². The Bertz CT molecular complexity index is 983. The highest BCUT2D eigenvalue weighted by Crippen LogP contribution is 2.26. The summed E-state index contributed by atoms with van der Waals surface area (Å²) in [6.45, 7) is 4.06. The van der Waals surface area contributed by atoms with Crippen molar-refractivity contribution in [3.05, 3.63) is 90.0 Å². The van der Waals surface area contributed by atoms with Crippen LogP contribution in [0.5, 0.6) is 0 Å². The van der Waals surface area contributed by atoms with Gasteiger partial charge in [-0.1, -0.05) is 56.3 Å². The molecule has 4 N–H and O–H groups in total. The third kappa shape index (κ3) is 5.02. The smallest absolute Gasteiger partial charge is 0.255 e. The van der Waals surface area contributed by atoms with Crippen LogP contribution in [0.15, 0.2) is 78.9 Å². The summed E-state index contributed by atoms with van der Waals surface area (Å²) in [5, 5.41) is 5.75. The Kier molecular flexibility index (Phi) is 6.29. The number of amides is 2. The molecular weight excluding hydrogens is 362 g/mol. The lowest BCUT2D eigenvalue weighted by Crippen LogP contribution is -2.25. The molecule has 3 aromatic carbocycles. The van der Waals surface area contributed by atoms with Gasteiger partial charge < -0.3 is 16.4 Å². The van der Waals surface area contributed by atoms with Crippen molar-refractivity contribution in [1.82, 2.24) is 0 Å². The molecule has 0 saturated carbocycles. The molecule has 2 amide bonds. The number of carbonyl (C=O) groups excluding carboxylic acids is 2. The molecule has 0 aliphatic carbocycles. The van der Waals surface area contributed by atoms with Gasteiger partial charge in [0, 0.05) is 11.3 Å². The van der Waals surface area contributed by atoms with Gasteiger partial charge in [0.1, 0.15) is 0 Å². The lowest BCUT2D eigenvalue weighted by atomic mass is 9.87. The van der Waals surface area contributed by atoms with Crippen LogP contribution in [0.3, 0.4) is 0 Å². The molecule has 0 saturated heterocycles. The largest absolute Gasteiger partial charge is 0.397 e. The zero-order valence-corrected chi connectivity index (χ0v) is 16.6. The molecule has 0 radical (unpaired) electrons. The summed E-state index contributed by atoms with van der Waals surface area (Å²) in [4.78, 5) is 25.3. The third-order valence-electron chi connectivity index (χ3n) is 4.73. The fraction of sp³-hybridized carbons (Fsp3) is 0.167. The number of carbonyl (C=O) groups is 2. The average molecular weight is 387 g/mol. The molecule has 0 fully saturated rings. The van der Waals surface area contributed by atoms with Crippen LogP contribution in [0.4, 0.5) is 17.1 Å². The van der Waals surface area contributed by atoms with Crippen molar-refractivity contribution in [1.29, 1.82) is 0 Å². The van der Waals surface area contributed by atoms with E-state index in [1.165, 1.54) is 0 Å². The highest BCUT2D eigenvalue weighted by atomic mass is 16.2. The Hall–Kier alpha value is -3.60. The van der Waals surface area contributed by atoms with Crippen molar-refractivity contribution in [2.45, 2.75) is 19.8 Å². The number of rotatable bonds is 6. The van der Waals surface area contributed by atoms with Crippen LogP contribution < -0.4 is 16.4 Å². The maximum atomic E-state index is 12.8. The Morgan fingerprint density at radius 3 is 2.03 bits per heavy atom. The number of hydrogen-bond donors (Lipinski definition) is 3. The topological polar surface area (TPSA) is 84.2 Å². The van der Waals surface area contributed by atoms with E-state index in [2.05, 4.69) is 10.6 Å². The quantitative estimate of drug-likeness (QED) is 0.526. The summed E-state index contributed by atoms with van der Waals surface area (Å²) in [7, 11) is 0. The summed E-state index contributed by atoms with van der Waals surface area (Å²) in [5.74, 6) is -0.426. The lowest BCUT2D eigenvalue weighted by molar-refractivity contribution is -0.118. The summed E-state index contributed by atoms with van der Waals surface area (Å²) < 4.78 is 0. The lowest BCUT2D eigenvalue weighted by Gasteiger charge is -2.21. The summed E-state index contributed by atoms with van der Waals surface area (Å²) in [6, 6.07) is 23.6. The highest BCUT2D eigenvalue weighted by Gasteiger charge is 2.24. The fourth-order valence-corrected chi connectivity index (χ4v) is 3.23. The zero-order chi connectivity index (χ0) is 20.8. The van der Waals surface area contributed by atoms with E-state index < -0.39 is 0 Å². The predicted octanol–water partition coefficient (Wildman–Crippen LogP) is 4.90. The van der Waals surface area contributed by atoms with Gasteiger partial charge in [-0.25, -0.2) is 0 Å². The molecule has 5 nitrogen and oxygen atoms in total. The molecule has 0 bridgehead atoms. The van der Waals surface area contributed by atoms with E-state index in [1.807, 2.05) is 56.3 Å². The van der Waals surface area contributed by atoms with E-state index in [0.717, 1.165) is 5.56 Å². The summed E-state index contributed by atoms with van der Waals surface area (Å²) in [6.07, 6.45) is 0. The van der Waals surface area contributed by atoms with Crippen LogP contribution in [0.1, 0.15) is 35.7 Å². The van der Waals surface area contributed by atoms with Crippen molar-refractivity contribution in [3.63, 3.8) is 0 Å². The van der Waals surface area contributed by atoms with Gasteiger partial charge in [0.2, 0.25) is 5.91 Å². The van der Waals surface area contributed by atoms with Crippen LogP contribution >= 0.6 is 0 Å². The second-order valence-electron chi connectivity index (χ2n) is 7.24. The van der Waals surface area contributed by atoms with Gasteiger partial charge in [0.05, 0.1) is 17.3 Å². The Balaban J connectivity index is 1.69. The SMILES string of the molecule is CC(C)C(C(=O)Nc1ccc(C(=O)Nc2ccccc2N)cc1)c1ccccc1. The van der Waals surface area contributed by atoms with Crippen LogP contribution in [-0.4, -0.2) is 11.8 Å². The number of hydrogen-bond acceptors (Lipinski definition) is 3. The van der Waals surface area contributed by atoms with Crippen LogP contribution in [-0.2, 0) is 4.79 Å². The molecule has 1 unspecified atom stereocenters. The number of benzene rings is 3. The van der Waals surface area contributed by atoms with Gasteiger partial charge in [-0.2, -0.15) is 0 Å². The molecule has 29 heavy (non-hydrogen) atoms. The highest BCUT2D eigenvalue weighted by molar-refractivity contribution is 6.06. The maximum Gasteiger partial charge on any atom is 0.255 e. The molecule has 1 atom stereocenters. The molecule has 5 heteroatoms. The average Bonchev–Trinajstić information content (AvgIpc) is 2.71. The first-order valence-corrected chi connectivity index (χ1v) is 9.57. The number of para-hydroxylation sites is 2. The third-order valence-corrected chi connectivity index (χ3v) is 4.73. The van der Waals surface area contributed by atoms with Gasteiger partial charge in [0.15, 0.2) is 0 Å². The molecule has 3 aromatic rings. The van der Waals surface area contributed by atoms with Crippen LogP contribution in [0.2, 0.25) is 0 Å². The van der Waals surface area contributed by atoms with Crippen molar-refractivity contribution in [2.75, 3.05) is 16.4 Å². The standard InChI is InChI=1S/C24H25N3O2/c1-16(2)22(17-8-4-3-5-9-17)24(29)26-19-14-12-18(13-15-19)23(28)27-21-11-7-6-10-20(21)25/h3-16,22H,25H2,1-2H3,(H,26,29)(H,27,28). The molecule has 0 aromatic heterocycles. The van der Waals surface area contributed by atoms with Gasteiger partial charge in [0.25, 0.3) is 5.91 Å². The molecule has 0 spiro atoms. The first-order valence-electron chi connectivity index (χ1n) is 9.57. The number of nitrogen functional groups attached to an aromatic ring is 1. The maximum absolute atomic E-state index is 12.8. The Labute approximate surface area is 170 Å². The Morgan fingerprint density at radius 2 is 1.41 bits per heavy atom. The van der Waals surface area contributed by atoms with E-state index in [4.69, 9.17) is 5.73 Å².